The molecule has 0 fully saturated rings. The molecule has 5 N–H and O–H groups in total. The lowest BCUT2D eigenvalue weighted by molar-refractivity contribution is -0.121. The summed E-state index contributed by atoms with van der Waals surface area (Å²) >= 11 is 0. The Hall–Kier alpha value is -1.48. The van der Waals surface area contributed by atoms with Gasteiger partial charge >= 0.3 is 6.18 Å². The zero-order valence-corrected chi connectivity index (χ0v) is 9.27. The van der Waals surface area contributed by atoms with E-state index >= 15 is 0 Å². The minimum atomic E-state index is -4.62. The van der Waals surface area contributed by atoms with Crippen LogP contribution in [0.1, 0.15) is 0 Å². The predicted octanol–water partition coefficient (Wildman–Crippen LogP) is 0.692. The van der Waals surface area contributed by atoms with Crippen LogP contribution in [0.25, 0.3) is 0 Å². The first-order valence-electron chi connectivity index (χ1n) is 4.33. The van der Waals surface area contributed by atoms with Crippen molar-refractivity contribution in [1.29, 1.82) is 0 Å². The van der Waals surface area contributed by atoms with Crippen LogP contribution in [0.4, 0.5) is 24.5 Å². The van der Waals surface area contributed by atoms with E-state index in [-0.39, 0.29) is 16.3 Å². The maximum absolute atomic E-state index is 11.9. The molecule has 9 heteroatoms. The Labute approximate surface area is 95.6 Å². The average Bonchev–Trinajstić information content (AvgIpc) is 2.18. The van der Waals surface area contributed by atoms with Crippen LogP contribution in [0.5, 0.6) is 0 Å². The van der Waals surface area contributed by atoms with Crippen LogP contribution in [-0.4, -0.2) is 21.1 Å². The number of anilines is 2. The molecule has 0 heterocycles. The number of nitrogens with two attached hydrogens (primary N) is 2. The quantitative estimate of drug-likeness (QED) is 0.703. The number of nitrogens with one attached hydrogen (secondary N) is 1. The van der Waals surface area contributed by atoms with Gasteiger partial charge in [-0.3, -0.25) is 0 Å². The molecule has 0 saturated heterocycles. The molecule has 0 atom stereocenters. The van der Waals surface area contributed by atoms with Gasteiger partial charge in [-0.15, -0.1) is 0 Å². The Bertz CT molecular complexity index is 513. The smallest absolute Gasteiger partial charge is 0.397 e. The van der Waals surface area contributed by atoms with Crippen molar-refractivity contribution in [3.05, 3.63) is 18.2 Å². The first kappa shape index (κ1) is 13.6. The van der Waals surface area contributed by atoms with Crippen molar-refractivity contribution in [3.63, 3.8) is 0 Å². The molecule has 0 aliphatic heterocycles. The van der Waals surface area contributed by atoms with Gasteiger partial charge in [-0.1, -0.05) is 0 Å². The molecule has 5 nitrogen and oxygen atoms in total. The van der Waals surface area contributed by atoms with E-state index in [0.29, 0.717) is 0 Å². The van der Waals surface area contributed by atoms with E-state index in [1.807, 2.05) is 0 Å². The maximum Gasteiger partial charge on any atom is 0.402 e. The van der Waals surface area contributed by atoms with Crippen LogP contribution in [0.15, 0.2) is 23.1 Å². The minimum absolute atomic E-state index is 0.0140. The lowest BCUT2D eigenvalue weighted by atomic mass is 10.3. The fraction of sp³-hybridized carbons (Fsp3) is 0.250. The van der Waals surface area contributed by atoms with E-state index in [2.05, 4.69) is 0 Å². The number of benzene rings is 1. The minimum Gasteiger partial charge on any atom is -0.397 e. The number of sulfonamides is 1. The van der Waals surface area contributed by atoms with E-state index in [4.69, 9.17) is 11.5 Å². The van der Waals surface area contributed by atoms with Crippen molar-refractivity contribution in [2.24, 2.45) is 0 Å². The van der Waals surface area contributed by atoms with Crippen molar-refractivity contribution in [1.82, 2.24) is 4.72 Å². The van der Waals surface area contributed by atoms with Gasteiger partial charge in [0.1, 0.15) is 6.54 Å². The maximum atomic E-state index is 11.9. The molecule has 1 aromatic carbocycles. The van der Waals surface area contributed by atoms with Crippen LogP contribution >= 0.6 is 0 Å². The third-order valence-electron chi connectivity index (χ3n) is 1.83. The standard InChI is InChI=1S/C8H10F3N3O2S/c9-8(10,11)4-14-17(15,16)5-1-2-6(12)7(13)3-5/h1-3,14H,4,12-13H2. The fourth-order valence-electron chi connectivity index (χ4n) is 0.980. The molecule has 1 aromatic rings. The van der Waals surface area contributed by atoms with Crippen LogP contribution in [0.2, 0.25) is 0 Å². The van der Waals surface area contributed by atoms with Gasteiger partial charge in [0.25, 0.3) is 0 Å². The Morgan fingerprint density at radius 3 is 2.24 bits per heavy atom. The largest absolute Gasteiger partial charge is 0.402 e. The molecule has 0 unspecified atom stereocenters. The summed E-state index contributed by atoms with van der Waals surface area (Å²) < 4.78 is 59.9. The highest BCUT2D eigenvalue weighted by Crippen LogP contribution is 2.20. The highest BCUT2D eigenvalue weighted by molar-refractivity contribution is 7.89. The zero-order chi connectivity index (χ0) is 13.3. The van der Waals surface area contributed by atoms with Gasteiger partial charge in [0.2, 0.25) is 10.0 Å². The molecule has 0 aromatic heterocycles. The summed E-state index contributed by atoms with van der Waals surface area (Å²) in [6, 6.07) is 3.27. The number of halogens is 3. The number of rotatable bonds is 3. The second-order valence-corrected chi connectivity index (χ2v) is 5.00. The summed E-state index contributed by atoms with van der Waals surface area (Å²) in [5.74, 6) is 0. The highest BCUT2D eigenvalue weighted by Gasteiger charge is 2.30. The van der Waals surface area contributed by atoms with Crippen molar-refractivity contribution in [2.75, 3.05) is 18.0 Å². The lowest BCUT2D eigenvalue weighted by Crippen LogP contribution is -2.33. The number of alkyl halides is 3. The third kappa shape index (κ3) is 3.79. The Morgan fingerprint density at radius 2 is 1.76 bits per heavy atom. The van der Waals surface area contributed by atoms with Crippen molar-refractivity contribution < 1.29 is 21.6 Å². The first-order valence-corrected chi connectivity index (χ1v) is 5.81. The van der Waals surface area contributed by atoms with Gasteiger partial charge in [0.05, 0.1) is 16.3 Å². The van der Waals surface area contributed by atoms with Crippen LogP contribution in [-0.2, 0) is 10.0 Å². The monoisotopic (exact) mass is 269 g/mol. The fourth-order valence-corrected chi connectivity index (χ4v) is 2.03. The molecule has 0 spiro atoms. The molecular weight excluding hydrogens is 259 g/mol. The van der Waals surface area contributed by atoms with Gasteiger partial charge in [0, 0.05) is 0 Å². The van der Waals surface area contributed by atoms with Crippen LogP contribution < -0.4 is 16.2 Å². The lowest BCUT2D eigenvalue weighted by Gasteiger charge is -2.10. The van der Waals surface area contributed by atoms with Crippen molar-refractivity contribution >= 4 is 21.4 Å². The number of hydrogen-bond acceptors (Lipinski definition) is 4. The molecule has 0 saturated carbocycles. The molecule has 0 aliphatic carbocycles. The van der Waals surface area contributed by atoms with Crippen LogP contribution in [0.3, 0.4) is 0 Å². The summed E-state index contributed by atoms with van der Waals surface area (Å²) in [7, 11) is -4.24. The third-order valence-corrected chi connectivity index (χ3v) is 3.23. The molecule has 0 bridgehead atoms. The van der Waals surface area contributed by atoms with E-state index in [9.17, 15) is 21.6 Å². The molecule has 0 radical (unpaired) electrons. The molecule has 1 rings (SSSR count). The van der Waals surface area contributed by atoms with Crippen molar-refractivity contribution in [3.8, 4) is 0 Å². The predicted molar refractivity (Wildman–Crippen MR) is 56.5 cm³/mol. The van der Waals surface area contributed by atoms with Gasteiger partial charge in [-0.05, 0) is 18.2 Å². The van der Waals surface area contributed by atoms with Gasteiger partial charge in [-0.25, -0.2) is 13.1 Å². The number of nitrogen functional groups attached to an aromatic ring is 2. The molecule has 0 amide bonds. The second-order valence-electron chi connectivity index (χ2n) is 3.23. The summed E-state index contributed by atoms with van der Waals surface area (Å²) in [6.45, 7) is -1.64. The number of hydrogen-bond donors (Lipinski definition) is 3. The molecule has 96 valence electrons. The average molecular weight is 269 g/mol. The summed E-state index contributed by atoms with van der Waals surface area (Å²) in [6.07, 6.45) is -4.62. The van der Waals surface area contributed by atoms with Crippen molar-refractivity contribution in [2.45, 2.75) is 11.1 Å². The normalized spacial score (nSPS) is 12.6. The Balaban J connectivity index is 2.94. The van der Waals surface area contributed by atoms with E-state index in [1.54, 1.807) is 0 Å². The van der Waals surface area contributed by atoms with E-state index < -0.39 is 22.7 Å². The van der Waals surface area contributed by atoms with Crippen LogP contribution in [0, 0.1) is 0 Å². The topological polar surface area (TPSA) is 98.2 Å². The SMILES string of the molecule is Nc1ccc(S(=O)(=O)NCC(F)(F)F)cc1N. The second kappa shape index (κ2) is 4.41. The Kier molecular flexibility index (Phi) is 3.53. The summed E-state index contributed by atoms with van der Waals surface area (Å²) in [4.78, 5) is -0.367. The van der Waals surface area contributed by atoms with Gasteiger partial charge in [-0.2, -0.15) is 13.2 Å². The molecule has 17 heavy (non-hydrogen) atoms. The molecular formula is C8H10F3N3O2S. The highest BCUT2D eigenvalue weighted by atomic mass is 32.2. The summed E-state index contributed by atoms with van der Waals surface area (Å²) in [5.41, 5.74) is 10.9. The van der Waals surface area contributed by atoms with E-state index in [1.165, 1.54) is 10.8 Å². The summed E-state index contributed by atoms with van der Waals surface area (Å²) in [5, 5.41) is 0. The molecule has 0 aliphatic rings. The zero-order valence-electron chi connectivity index (χ0n) is 8.45. The van der Waals surface area contributed by atoms with E-state index in [0.717, 1.165) is 12.1 Å². The van der Waals surface area contributed by atoms with Gasteiger partial charge < -0.3 is 11.5 Å². The first-order chi connectivity index (χ1) is 7.62. The van der Waals surface area contributed by atoms with Gasteiger partial charge in [0.15, 0.2) is 0 Å². The Morgan fingerprint density at radius 1 is 1.18 bits per heavy atom.